The lowest BCUT2D eigenvalue weighted by Gasteiger charge is -2.41. The van der Waals surface area contributed by atoms with Crippen LogP contribution in [0.1, 0.15) is 52.1 Å². The van der Waals surface area contributed by atoms with Crippen molar-refractivity contribution < 1.29 is 0 Å². The van der Waals surface area contributed by atoms with Crippen molar-refractivity contribution in [3.63, 3.8) is 0 Å². The summed E-state index contributed by atoms with van der Waals surface area (Å²) in [6, 6.07) is 6.75. The minimum absolute atomic E-state index is 0.392. The van der Waals surface area contributed by atoms with Gasteiger partial charge in [-0.1, -0.05) is 39.7 Å². The van der Waals surface area contributed by atoms with Crippen LogP contribution in [0, 0.1) is 11.3 Å². The molecule has 2 rings (SSSR count). The molecule has 2 nitrogen and oxygen atoms in total. The highest BCUT2D eigenvalue weighted by Gasteiger charge is 2.33. The Morgan fingerprint density at radius 1 is 1.26 bits per heavy atom. The third-order valence-corrected chi connectivity index (χ3v) is 4.64. The molecule has 0 radical (unpaired) electrons. The van der Waals surface area contributed by atoms with E-state index in [0.717, 1.165) is 22.8 Å². The number of hydrogen-bond donors (Lipinski definition) is 1. The fourth-order valence-corrected chi connectivity index (χ4v) is 3.58. The summed E-state index contributed by atoms with van der Waals surface area (Å²) in [6.45, 7) is 7.98. The van der Waals surface area contributed by atoms with E-state index in [1.54, 1.807) is 0 Å². The first-order valence-electron chi connectivity index (χ1n) is 7.31. The Labute approximate surface area is 125 Å². The number of nitrogens with one attached hydrogen (secondary N) is 1. The van der Waals surface area contributed by atoms with Gasteiger partial charge < -0.3 is 5.32 Å². The minimum atomic E-state index is 0.392. The first-order chi connectivity index (χ1) is 8.97. The van der Waals surface area contributed by atoms with Gasteiger partial charge in [-0.25, -0.2) is 4.98 Å². The molecule has 0 aromatic carbocycles. The highest BCUT2D eigenvalue weighted by atomic mass is 79.9. The van der Waals surface area contributed by atoms with Crippen LogP contribution >= 0.6 is 15.9 Å². The highest BCUT2D eigenvalue weighted by Crippen LogP contribution is 2.38. The van der Waals surface area contributed by atoms with Gasteiger partial charge in [0.05, 0.1) is 5.69 Å². The van der Waals surface area contributed by atoms with E-state index in [4.69, 9.17) is 0 Å². The zero-order chi connectivity index (χ0) is 13.9. The van der Waals surface area contributed by atoms with Crippen LogP contribution in [0.3, 0.4) is 0 Å². The van der Waals surface area contributed by atoms with Gasteiger partial charge in [-0.05, 0) is 52.2 Å². The van der Waals surface area contributed by atoms with Gasteiger partial charge in [0.15, 0.2) is 0 Å². The fraction of sp³-hybridized carbons (Fsp3) is 0.688. The Bertz CT molecular complexity index is 411. The lowest BCUT2D eigenvalue weighted by atomic mass is 9.69. The lowest BCUT2D eigenvalue weighted by molar-refractivity contribution is 0.130. The Morgan fingerprint density at radius 2 is 2.00 bits per heavy atom. The first-order valence-corrected chi connectivity index (χ1v) is 8.11. The van der Waals surface area contributed by atoms with E-state index in [9.17, 15) is 0 Å². The maximum Gasteiger partial charge on any atom is 0.106 e. The summed E-state index contributed by atoms with van der Waals surface area (Å²) in [6.07, 6.45) is 5.40. The molecule has 1 heterocycles. The summed E-state index contributed by atoms with van der Waals surface area (Å²) >= 11 is 3.43. The molecule has 1 aromatic heterocycles. The molecule has 106 valence electrons. The van der Waals surface area contributed by atoms with Crippen LogP contribution in [0.2, 0.25) is 0 Å². The summed E-state index contributed by atoms with van der Waals surface area (Å²) < 4.78 is 0.919. The van der Waals surface area contributed by atoms with Gasteiger partial charge in [0.1, 0.15) is 4.60 Å². The van der Waals surface area contributed by atoms with E-state index < -0.39 is 0 Å². The molecule has 1 saturated carbocycles. The Kier molecular flexibility index (Phi) is 5.02. The summed E-state index contributed by atoms with van der Waals surface area (Å²) in [7, 11) is 0. The number of halogens is 1. The molecule has 1 fully saturated rings. The molecule has 0 aliphatic heterocycles. The summed E-state index contributed by atoms with van der Waals surface area (Å²) in [5, 5.41) is 3.74. The number of rotatable bonds is 3. The molecule has 0 amide bonds. The first kappa shape index (κ1) is 15.0. The van der Waals surface area contributed by atoms with Gasteiger partial charge in [-0.15, -0.1) is 0 Å². The van der Waals surface area contributed by atoms with Crippen molar-refractivity contribution >= 4 is 15.9 Å². The van der Waals surface area contributed by atoms with Gasteiger partial charge in [0.25, 0.3) is 0 Å². The van der Waals surface area contributed by atoms with Crippen molar-refractivity contribution in [1.29, 1.82) is 0 Å². The second-order valence-electron chi connectivity index (χ2n) is 6.70. The third-order valence-electron chi connectivity index (χ3n) is 4.20. The van der Waals surface area contributed by atoms with E-state index in [0.29, 0.717) is 11.5 Å². The smallest absolute Gasteiger partial charge is 0.106 e. The molecule has 1 N–H and O–H groups in total. The molecular weight excluding hydrogens is 300 g/mol. The molecule has 19 heavy (non-hydrogen) atoms. The van der Waals surface area contributed by atoms with E-state index in [2.05, 4.69) is 59.1 Å². The van der Waals surface area contributed by atoms with Crippen LogP contribution in [-0.2, 0) is 6.54 Å². The molecule has 3 heteroatoms. The van der Waals surface area contributed by atoms with Crippen LogP contribution in [0.15, 0.2) is 22.8 Å². The number of aromatic nitrogens is 1. The van der Waals surface area contributed by atoms with Crippen molar-refractivity contribution in [2.45, 2.75) is 59.0 Å². The van der Waals surface area contributed by atoms with Crippen LogP contribution in [0.5, 0.6) is 0 Å². The molecule has 1 aliphatic carbocycles. The number of hydrogen-bond acceptors (Lipinski definition) is 2. The van der Waals surface area contributed by atoms with Gasteiger partial charge in [-0.3, -0.25) is 0 Å². The Balaban J connectivity index is 1.97. The van der Waals surface area contributed by atoms with Crippen LogP contribution in [-0.4, -0.2) is 11.0 Å². The van der Waals surface area contributed by atoms with E-state index in [1.165, 1.54) is 25.7 Å². The molecule has 2 unspecified atom stereocenters. The standard InChI is InChI=1S/C16H25BrN2/c1-16(2,3)13-8-4-5-9-14(13)18-11-12-7-6-10-15(17)19-12/h6-7,10,13-14,18H,4-5,8-9,11H2,1-3H3. The van der Waals surface area contributed by atoms with Crippen molar-refractivity contribution in [2.24, 2.45) is 11.3 Å². The third kappa shape index (κ3) is 4.28. The number of pyridine rings is 1. The molecule has 0 bridgehead atoms. The summed E-state index contributed by atoms with van der Waals surface area (Å²) in [5.74, 6) is 0.772. The molecule has 1 aliphatic rings. The molecule has 0 spiro atoms. The van der Waals surface area contributed by atoms with Crippen LogP contribution in [0.4, 0.5) is 0 Å². The monoisotopic (exact) mass is 324 g/mol. The molecule has 0 saturated heterocycles. The zero-order valence-electron chi connectivity index (χ0n) is 12.2. The second kappa shape index (κ2) is 6.36. The van der Waals surface area contributed by atoms with Gasteiger partial charge in [0.2, 0.25) is 0 Å². The predicted octanol–water partition coefficient (Wildman–Crippen LogP) is 4.54. The van der Waals surface area contributed by atoms with E-state index >= 15 is 0 Å². The SMILES string of the molecule is CC(C)(C)C1CCCCC1NCc1cccc(Br)n1. The zero-order valence-corrected chi connectivity index (χ0v) is 13.8. The maximum absolute atomic E-state index is 4.50. The van der Waals surface area contributed by atoms with Crippen molar-refractivity contribution in [3.05, 3.63) is 28.5 Å². The molecule has 1 aromatic rings. The van der Waals surface area contributed by atoms with Crippen molar-refractivity contribution in [3.8, 4) is 0 Å². The van der Waals surface area contributed by atoms with Crippen molar-refractivity contribution in [2.75, 3.05) is 0 Å². The summed E-state index contributed by atoms with van der Waals surface area (Å²) in [4.78, 5) is 4.50. The van der Waals surface area contributed by atoms with Crippen LogP contribution in [0.25, 0.3) is 0 Å². The van der Waals surface area contributed by atoms with E-state index in [-0.39, 0.29) is 0 Å². The van der Waals surface area contributed by atoms with Gasteiger partial charge >= 0.3 is 0 Å². The minimum Gasteiger partial charge on any atom is -0.308 e. The predicted molar refractivity (Wildman–Crippen MR) is 84.0 cm³/mol. The normalized spacial score (nSPS) is 24.4. The van der Waals surface area contributed by atoms with E-state index in [1.807, 2.05) is 6.07 Å². The van der Waals surface area contributed by atoms with Crippen molar-refractivity contribution in [1.82, 2.24) is 10.3 Å². The Morgan fingerprint density at radius 3 is 2.68 bits per heavy atom. The lowest BCUT2D eigenvalue weighted by Crippen LogP contribution is -2.44. The average molecular weight is 325 g/mol. The quantitative estimate of drug-likeness (QED) is 0.826. The average Bonchev–Trinajstić information content (AvgIpc) is 2.36. The van der Waals surface area contributed by atoms with Gasteiger partial charge in [0, 0.05) is 12.6 Å². The molecular formula is C16H25BrN2. The fourth-order valence-electron chi connectivity index (χ4n) is 3.20. The molecule has 2 atom stereocenters. The number of nitrogens with zero attached hydrogens (tertiary/aromatic N) is 1. The second-order valence-corrected chi connectivity index (χ2v) is 7.51. The van der Waals surface area contributed by atoms with Crippen LogP contribution < -0.4 is 5.32 Å². The topological polar surface area (TPSA) is 24.9 Å². The Hall–Kier alpha value is -0.410. The highest BCUT2D eigenvalue weighted by molar-refractivity contribution is 9.10. The van der Waals surface area contributed by atoms with Gasteiger partial charge in [-0.2, -0.15) is 0 Å². The summed E-state index contributed by atoms with van der Waals surface area (Å²) in [5.41, 5.74) is 1.51. The largest absolute Gasteiger partial charge is 0.308 e. The maximum atomic E-state index is 4.50.